The summed E-state index contributed by atoms with van der Waals surface area (Å²) in [5.74, 6) is -4.16. The average molecular weight is 534 g/mol. The molecule has 0 radical (unpaired) electrons. The minimum atomic E-state index is -2.90. The van der Waals surface area contributed by atoms with E-state index < -0.39 is 41.7 Å². The SMILES string of the molecule is N#CC1(NC(=O)C2(NC(=O)c3cc4ccc(-c5ccc6c(c5)CCCOC6)cc4o3)CCC(F)(F)CC2)CC1. The number of alkyl halides is 2. The molecule has 2 aromatic carbocycles. The molecule has 1 aromatic heterocycles. The van der Waals surface area contributed by atoms with Crippen LogP contribution >= 0.6 is 0 Å². The second kappa shape index (κ2) is 9.45. The predicted molar refractivity (Wildman–Crippen MR) is 139 cm³/mol. The summed E-state index contributed by atoms with van der Waals surface area (Å²) in [5.41, 5.74) is 2.41. The molecule has 7 nitrogen and oxygen atoms in total. The third-order valence-corrected chi connectivity index (χ3v) is 8.22. The van der Waals surface area contributed by atoms with Gasteiger partial charge in [-0.05, 0) is 72.9 Å². The van der Waals surface area contributed by atoms with Gasteiger partial charge in [0.1, 0.15) is 16.7 Å². The molecular weight excluding hydrogens is 504 g/mol. The average Bonchev–Trinajstić information content (AvgIpc) is 3.63. The Morgan fingerprint density at radius 1 is 0.897 bits per heavy atom. The molecule has 2 aliphatic carbocycles. The highest BCUT2D eigenvalue weighted by atomic mass is 19.3. The van der Waals surface area contributed by atoms with E-state index in [0.29, 0.717) is 30.4 Å². The van der Waals surface area contributed by atoms with E-state index in [-0.39, 0.29) is 18.6 Å². The normalized spacial score (nSPS) is 20.7. The first-order chi connectivity index (χ1) is 18.7. The maximum Gasteiger partial charge on any atom is 0.287 e. The molecule has 3 aromatic rings. The van der Waals surface area contributed by atoms with Gasteiger partial charge in [0.15, 0.2) is 5.76 Å². The van der Waals surface area contributed by atoms with Gasteiger partial charge in [0, 0.05) is 24.8 Å². The van der Waals surface area contributed by atoms with Gasteiger partial charge in [0.2, 0.25) is 11.8 Å². The van der Waals surface area contributed by atoms with E-state index in [1.54, 1.807) is 6.07 Å². The molecule has 2 fully saturated rings. The van der Waals surface area contributed by atoms with E-state index in [9.17, 15) is 23.6 Å². The first-order valence-electron chi connectivity index (χ1n) is 13.4. The lowest BCUT2D eigenvalue weighted by Gasteiger charge is -2.39. The Balaban J connectivity index is 1.25. The number of amides is 2. The van der Waals surface area contributed by atoms with Crippen molar-refractivity contribution < 1.29 is 27.5 Å². The van der Waals surface area contributed by atoms with Gasteiger partial charge in [-0.2, -0.15) is 5.26 Å². The molecule has 0 spiro atoms. The van der Waals surface area contributed by atoms with Crippen LogP contribution in [-0.2, 0) is 22.6 Å². The van der Waals surface area contributed by atoms with Crippen LogP contribution in [0.3, 0.4) is 0 Å². The number of nitriles is 1. The van der Waals surface area contributed by atoms with Crippen LogP contribution in [-0.4, -0.2) is 35.4 Å². The van der Waals surface area contributed by atoms with E-state index in [2.05, 4.69) is 28.8 Å². The highest BCUT2D eigenvalue weighted by Crippen LogP contribution is 2.41. The van der Waals surface area contributed by atoms with E-state index in [0.717, 1.165) is 30.6 Å². The summed E-state index contributed by atoms with van der Waals surface area (Å²) in [6.07, 6.45) is 1.40. The number of carbonyl (C=O) groups is 2. The zero-order valence-corrected chi connectivity index (χ0v) is 21.4. The van der Waals surface area contributed by atoms with Crippen LogP contribution in [0, 0.1) is 11.3 Å². The second-order valence-corrected chi connectivity index (χ2v) is 11.0. The summed E-state index contributed by atoms with van der Waals surface area (Å²) in [6, 6.07) is 15.7. The zero-order chi connectivity index (χ0) is 27.3. The van der Waals surface area contributed by atoms with Crippen LogP contribution in [0.25, 0.3) is 22.1 Å². The number of furan rings is 1. The summed E-state index contributed by atoms with van der Waals surface area (Å²) in [4.78, 5) is 26.6. The Kier molecular flexibility index (Phi) is 6.18. The number of fused-ring (bicyclic) bond motifs is 2. The fourth-order valence-electron chi connectivity index (χ4n) is 5.51. The second-order valence-electron chi connectivity index (χ2n) is 11.0. The summed E-state index contributed by atoms with van der Waals surface area (Å²) in [6.45, 7) is 1.36. The first-order valence-corrected chi connectivity index (χ1v) is 13.4. The van der Waals surface area contributed by atoms with Crippen molar-refractivity contribution in [2.75, 3.05) is 6.61 Å². The van der Waals surface area contributed by atoms with Crippen LogP contribution in [0.1, 0.15) is 66.6 Å². The monoisotopic (exact) mass is 533 g/mol. The molecule has 39 heavy (non-hydrogen) atoms. The molecule has 9 heteroatoms. The van der Waals surface area contributed by atoms with Gasteiger partial charge in [-0.1, -0.05) is 30.3 Å². The molecule has 2 saturated carbocycles. The Bertz CT molecular complexity index is 1490. The molecule has 3 aliphatic rings. The van der Waals surface area contributed by atoms with Gasteiger partial charge in [-0.3, -0.25) is 9.59 Å². The van der Waals surface area contributed by atoms with E-state index in [4.69, 9.17) is 9.15 Å². The number of rotatable bonds is 5. The summed E-state index contributed by atoms with van der Waals surface area (Å²) >= 11 is 0. The fourth-order valence-corrected chi connectivity index (χ4v) is 5.51. The molecule has 1 aliphatic heterocycles. The van der Waals surface area contributed by atoms with Gasteiger partial charge in [-0.25, -0.2) is 8.78 Å². The van der Waals surface area contributed by atoms with Gasteiger partial charge in [0.25, 0.3) is 5.91 Å². The standard InChI is InChI=1S/C30H29F2N3O4/c31-30(32)11-9-29(10-12-30,27(37)35-28(18-33)7-8-28)34-26(36)25-16-22-5-3-21(15-24(22)39-25)20-4-6-23-17-38-13-1-2-19(23)14-20/h3-6,14-16H,1-2,7-13,17H2,(H,34,36)(H,35,37). The smallest absolute Gasteiger partial charge is 0.287 e. The van der Waals surface area contributed by atoms with E-state index in [1.807, 2.05) is 24.3 Å². The van der Waals surface area contributed by atoms with Gasteiger partial charge in [0.05, 0.1) is 12.7 Å². The third-order valence-electron chi connectivity index (χ3n) is 8.22. The van der Waals surface area contributed by atoms with Crippen molar-refractivity contribution in [3.05, 3.63) is 59.4 Å². The number of ether oxygens (including phenoxy) is 1. The highest BCUT2D eigenvalue weighted by Gasteiger charge is 2.53. The molecule has 0 saturated heterocycles. The van der Waals surface area contributed by atoms with Crippen LogP contribution in [0.15, 0.2) is 46.9 Å². The molecule has 202 valence electrons. The number of aryl methyl sites for hydroxylation is 1. The van der Waals surface area contributed by atoms with Crippen LogP contribution in [0.5, 0.6) is 0 Å². The van der Waals surface area contributed by atoms with Crippen LogP contribution < -0.4 is 10.6 Å². The molecule has 6 rings (SSSR count). The van der Waals surface area contributed by atoms with Crippen molar-refractivity contribution in [2.24, 2.45) is 0 Å². The molecule has 2 N–H and O–H groups in total. The number of nitrogens with one attached hydrogen (secondary N) is 2. The largest absolute Gasteiger partial charge is 0.451 e. The quantitative estimate of drug-likeness (QED) is 0.456. The lowest BCUT2D eigenvalue weighted by Crippen LogP contribution is -2.62. The number of hydrogen-bond donors (Lipinski definition) is 2. The van der Waals surface area contributed by atoms with Crippen molar-refractivity contribution in [1.29, 1.82) is 5.26 Å². The maximum atomic E-state index is 14.0. The molecule has 0 atom stereocenters. The Morgan fingerprint density at radius 3 is 2.38 bits per heavy atom. The van der Waals surface area contributed by atoms with Crippen LogP contribution in [0.2, 0.25) is 0 Å². The van der Waals surface area contributed by atoms with Crippen molar-refractivity contribution in [3.8, 4) is 17.2 Å². The lowest BCUT2D eigenvalue weighted by atomic mass is 9.78. The van der Waals surface area contributed by atoms with E-state index >= 15 is 0 Å². The molecule has 2 amide bonds. The van der Waals surface area contributed by atoms with E-state index in [1.165, 1.54) is 11.1 Å². The predicted octanol–water partition coefficient (Wildman–Crippen LogP) is 5.41. The Hall–Kier alpha value is -3.77. The summed E-state index contributed by atoms with van der Waals surface area (Å²) in [7, 11) is 0. The third kappa shape index (κ3) is 5.01. The van der Waals surface area contributed by atoms with Crippen molar-refractivity contribution in [3.63, 3.8) is 0 Å². The van der Waals surface area contributed by atoms with Crippen LogP contribution in [0.4, 0.5) is 8.78 Å². The van der Waals surface area contributed by atoms with Gasteiger partial charge >= 0.3 is 0 Å². The topological polar surface area (TPSA) is 104 Å². The number of benzene rings is 2. The highest BCUT2D eigenvalue weighted by molar-refractivity contribution is 6.00. The van der Waals surface area contributed by atoms with Crippen molar-refractivity contribution >= 4 is 22.8 Å². The minimum absolute atomic E-state index is 0.00726. The number of hydrogen-bond acceptors (Lipinski definition) is 5. The number of halogens is 2. The maximum absolute atomic E-state index is 14.0. The van der Waals surface area contributed by atoms with Gasteiger partial charge < -0.3 is 19.8 Å². The Morgan fingerprint density at radius 2 is 1.64 bits per heavy atom. The molecule has 2 heterocycles. The number of nitrogens with zero attached hydrogens (tertiary/aromatic N) is 1. The molecule has 0 bridgehead atoms. The Labute approximate surface area is 224 Å². The summed E-state index contributed by atoms with van der Waals surface area (Å²) in [5, 5.41) is 15.5. The fraction of sp³-hybridized carbons (Fsp3) is 0.433. The minimum Gasteiger partial charge on any atom is -0.451 e. The van der Waals surface area contributed by atoms with Crippen molar-refractivity contribution in [2.45, 2.75) is 75.0 Å². The first kappa shape index (κ1) is 25.5. The van der Waals surface area contributed by atoms with Gasteiger partial charge in [-0.15, -0.1) is 0 Å². The molecular formula is C30H29F2N3O4. The summed E-state index contributed by atoms with van der Waals surface area (Å²) < 4.78 is 39.5. The van der Waals surface area contributed by atoms with Crippen molar-refractivity contribution in [1.82, 2.24) is 10.6 Å². The lowest BCUT2D eigenvalue weighted by molar-refractivity contribution is -0.133. The number of carbonyl (C=O) groups excluding carboxylic acids is 2. The molecule has 0 unspecified atom stereocenters. The zero-order valence-electron chi connectivity index (χ0n) is 21.4.